The Hall–Kier alpha value is -2.21. The Labute approximate surface area is 143 Å². The molecule has 1 fully saturated rings. The van der Waals surface area contributed by atoms with E-state index in [1.807, 2.05) is 29.2 Å². The summed E-state index contributed by atoms with van der Waals surface area (Å²) in [5.41, 5.74) is 0.606. The van der Waals surface area contributed by atoms with Crippen LogP contribution < -0.4 is 5.56 Å². The molecule has 0 spiro atoms. The zero-order valence-electron chi connectivity index (χ0n) is 13.6. The van der Waals surface area contributed by atoms with E-state index in [2.05, 4.69) is 11.9 Å². The van der Waals surface area contributed by atoms with Crippen molar-refractivity contribution in [2.75, 3.05) is 6.54 Å². The van der Waals surface area contributed by atoms with Crippen molar-refractivity contribution in [1.29, 1.82) is 0 Å². The first-order chi connectivity index (χ1) is 11.6. The minimum absolute atomic E-state index is 0.00608. The molecule has 4 rings (SSSR count). The van der Waals surface area contributed by atoms with Crippen molar-refractivity contribution in [3.63, 3.8) is 0 Å². The lowest BCUT2D eigenvalue weighted by Gasteiger charge is -2.33. The van der Waals surface area contributed by atoms with Crippen LogP contribution in [-0.4, -0.2) is 32.9 Å². The van der Waals surface area contributed by atoms with E-state index in [1.54, 1.807) is 0 Å². The van der Waals surface area contributed by atoms with Gasteiger partial charge in [0.2, 0.25) is 5.91 Å². The summed E-state index contributed by atoms with van der Waals surface area (Å²) in [5.74, 6) is 0.00608. The van der Waals surface area contributed by atoms with Crippen LogP contribution in [0.25, 0.3) is 20.3 Å². The molecule has 1 aliphatic heterocycles. The standard InChI is InChI=1S/C18H19N3O2S/c1-12-6-4-5-9-21(12)15(22)10-20-11-19-16-13-7-2-3-8-14(13)24-17(16)18(20)23/h2-3,7-8,11-12H,4-6,9-10H2,1H3/t12-/m0/s1. The highest BCUT2D eigenvalue weighted by atomic mass is 32.1. The number of benzene rings is 1. The fourth-order valence-corrected chi connectivity index (χ4v) is 4.54. The largest absolute Gasteiger partial charge is 0.338 e. The summed E-state index contributed by atoms with van der Waals surface area (Å²) in [4.78, 5) is 31.7. The van der Waals surface area contributed by atoms with Gasteiger partial charge in [-0.25, -0.2) is 4.98 Å². The van der Waals surface area contributed by atoms with Gasteiger partial charge in [-0.05, 0) is 32.3 Å². The van der Waals surface area contributed by atoms with E-state index >= 15 is 0 Å². The van der Waals surface area contributed by atoms with Gasteiger partial charge in [0.05, 0.1) is 11.8 Å². The summed E-state index contributed by atoms with van der Waals surface area (Å²) in [6.45, 7) is 2.93. The van der Waals surface area contributed by atoms with Gasteiger partial charge in [0.1, 0.15) is 11.2 Å². The van der Waals surface area contributed by atoms with Crippen LogP contribution in [0.3, 0.4) is 0 Å². The van der Waals surface area contributed by atoms with E-state index in [0.29, 0.717) is 4.70 Å². The van der Waals surface area contributed by atoms with Gasteiger partial charge in [-0.3, -0.25) is 14.2 Å². The van der Waals surface area contributed by atoms with Crippen molar-refractivity contribution in [2.24, 2.45) is 0 Å². The number of rotatable bonds is 2. The van der Waals surface area contributed by atoms with E-state index in [0.717, 1.165) is 35.0 Å². The molecule has 0 aliphatic carbocycles. The van der Waals surface area contributed by atoms with Crippen molar-refractivity contribution in [1.82, 2.24) is 14.5 Å². The first-order valence-corrected chi connectivity index (χ1v) is 9.13. The lowest BCUT2D eigenvalue weighted by Crippen LogP contribution is -2.44. The number of thiophene rings is 1. The SMILES string of the molecule is C[C@H]1CCCCN1C(=O)Cn1cnc2c(sc3ccccc32)c1=O. The zero-order valence-corrected chi connectivity index (χ0v) is 14.4. The molecule has 1 aliphatic rings. The van der Waals surface area contributed by atoms with Gasteiger partial charge in [-0.2, -0.15) is 0 Å². The second-order valence-electron chi connectivity index (χ2n) is 6.39. The summed E-state index contributed by atoms with van der Waals surface area (Å²) in [6.07, 6.45) is 4.75. The zero-order chi connectivity index (χ0) is 16.7. The van der Waals surface area contributed by atoms with Gasteiger partial charge in [0, 0.05) is 22.7 Å². The lowest BCUT2D eigenvalue weighted by molar-refractivity contribution is -0.135. The van der Waals surface area contributed by atoms with Gasteiger partial charge in [0.25, 0.3) is 5.56 Å². The third kappa shape index (κ3) is 2.51. The fraction of sp³-hybridized carbons (Fsp3) is 0.389. The van der Waals surface area contributed by atoms with E-state index < -0.39 is 0 Å². The van der Waals surface area contributed by atoms with Crippen LogP contribution in [0.5, 0.6) is 0 Å². The van der Waals surface area contributed by atoms with E-state index in [4.69, 9.17) is 0 Å². The normalized spacial score (nSPS) is 18.4. The molecule has 0 saturated carbocycles. The number of likely N-dealkylation sites (tertiary alicyclic amines) is 1. The van der Waals surface area contributed by atoms with Gasteiger partial charge in [-0.15, -0.1) is 11.3 Å². The van der Waals surface area contributed by atoms with Gasteiger partial charge in [0.15, 0.2) is 0 Å². The molecule has 6 heteroatoms. The van der Waals surface area contributed by atoms with Crippen molar-refractivity contribution in [2.45, 2.75) is 38.8 Å². The predicted octanol–water partition coefficient (Wildman–Crippen LogP) is 3.01. The first-order valence-electron chi connectivity index (χ1n) is 8.31. The molecule has 0 N–H and O–H groups in total. The number of hydrogen-bond acceptors (Lipinski definition) is 4. The summed E-state index contributed by atoms with van der Waals surface area (Å²) in [5, 5.41) is 0.998. The second kappa shape index (κ2) is 6.02. The van der Waals surface area contributed by atoms with Gasteiger partial charge >= 0.3 is 0 Å². The summed E-state index contributed by atoms with van der Waals surface area (Å²) in [7, 11) is 0. The molecule has 1 saturated heterocycles. The fourth-order valence-electron chi connectivity index (χ4n) is 3.43. The number of amides is 1. The topological polar surface area (TPSA) is 55.2 Å². The number of carbonyl (C=O) groups excluding carboxylic acids is 1. The Morgan fingerprint density at radius 1 is 1.33 bits per heavy atom. The molecule has 2 aromatic heterocycles. The molecule has 0 unspecified atom stereocenters. The van der Waals surface area contributed by atoms with Crippen molar-refractivity contribution in [3.05, 3.63) is 40.9 Å². The van der Waals surface area contributed by atoms with Crippen LogP contribution in [-0.2, 0) is 11.3 Å². The summed E-state index contributed by atoms with van der Waals surface area (Å²) >= 11 is 1.44. The molecule has 5 nitrogen and oxygen atoms in total. The van der Waals surface area contributed by atoms with Crippen LogP contribution >= 0.6 is 11.3 Å². The average Bonchev–Trinajstić information content (AvgIpc) is 2.97. The lowest BCUT2D eigenvalue weighted by atomic mass is 10.0. The third-order valence-corrected chi connectivity index (χ3v) is 5.93. The Morgan fingerprint density at radius 2 is 2.17 bits per heavy atom. The molecule has 124 valence electrons. The molecule has 1 atom stereocenters. The van der Waals surface area contributed by atoms with E-state index in [-0.39, 0.29) is 24.1 Å². The number of nitrogens with zero attached hydrogens (tertiary/aromatic N) is 3. The van der Waals surface area contributed by atoms with Crippen LogP contribution in [0, 0.1) is 0 Å². The molecule has 0 radical (unpaired) electrons. The Balaban J connectivity index is 1.70. The molecule has 3 aromatic rings. The highest BCUT2D eigenvalue weighted by molar-refractivity contribution is 7.25. The van der Waals surface area contributed by atoms with Gasteiger partial charge < -0.3 is 4.90 Å². The number of fused-ring (bicyclic) bond motifs is 3. The third-order valence-electron chi connectivity index (χ3n) is 4.78. The molecule has 24 heavy (non-hydrogen) atoms. The van der Waals surface area contributed by atoms with E-state index in [1.165, 1.54) is 28.7 Å². The van der Waals surface area contributed by atoms with Crippen LogP contribution in [0.1, 0.15) is 26.2 Å². The molecular formula is C18H19N3O2S. The summed E-state index contributed by atoms with van der Waals surface area (Å²) < 4.78 is 3.12. The molecular weight excluding hydrogens is 322 g/mol. The number of carbonyl (C=O) groups is 1. The van der Waals surface area contributed by atoms with Crippen molar-refractivity contribution >= 4 is 37.5 Å². The van der Waals surface area contributed by atoms with Gasteiger partial charge in [-0.1, -0.05) is 18.2 Å². The molecule has 1 aromatic carbocycles. The van der Waals surface area contributed by atoms with Crippen LogP contribution in [0.2, 0.25) is 0 Å². The smallest absolute Gasteiger partial charge is 0.271 e. The first kappa shape index (κ1) is 15.3. The number of piperidine rings is 1. The van der Waals surface area contributed by atoms with Crippen LogP contribution in [0.4, 0.5) is 0 Å². The highest BCUT2D eigenvalue weighted by Gasteiger charge is 2.23. The predicted molar refractivity (Wildman–Crippen MR) is 96.4 cm³/mol. The van der Waals surface area contributed by atoms with Crippen LogP contribution in [0.15, 0.2) is 35.4 Å². The maximum atomic E-state index is 12.8. The van der Waals surface area contributed by atoms with Crippen molar-refractivity contribution in [3.8, 4) is 0 Å². The molecule has 1 amide bonds. The monoisotopic (exact) mass is 341 g/mol. The van der Waals surface area contributed by atoms with Crippen molar-refractivity contribution < 1.29 is 4.79 Å². The number of aromatic nitrogens is 2. The minimum atomic E-state index is -0.126. The average molecular weight is 341 g/mol. The minimum Gasteiger partial charge on any atom is -0.338 e. The number of hydrogen-bond donors (Lipinski definition) is 0. The summed E-state index contributed by atoms with van der Waals surface area (Å²) in [6, 6.07) is 8.13. The molecule has 3 heterocycles. The Kier molecular flexibility index (Phi) is 3.84. The Morgan fingerprint density at radius 3 is 3.00 bits per heavy atom. The van der Waals surface area contributed by atoms with E-state index in [9.17, 15) is 9.59 Å². The maximum Gasteiger partial charge on any atom is 0.271 e. The second-order valence-corrected chi connectivity index (χ2v) is 7.44. The molecule has 0 bridgehead atoms. The maximum absolute atomic E-state index is 12.8. The Bertz CT molecular complexity index is 975. The highest BCUT2D eigenvalue weighted by Crippen LogP contribution is 2.29. The quantitative estimate of drug-likeness (QED) is 0.720.